The van der Waals surface area contributed by atoms with E-state index in [9.17, 15) is 4.79 Å². The second-order valence-electron chi connectivity index (χ2n) is 5.19. The Bertz CT molecular complexity index is 447. The molecule has 2 unspecified atom stereocenters. The Morgan fingerprint density at radius 2 is 2.21 bits per heavy atom. The zero-order valence-electron chi connectivity index (χ0n) is 11.5. The van der Waals surface area contributed by atoms with E-state index in [0.717, 1.165) is 37.2 Å². The molecule has 0 bridgehead atoms. The molecule has 2 rings (SSSR count). The molecule has 2 atom stereocenters. The molecule has 1 N–H and O–H groups in total. The van der Waals surface area contributed by atoms with Gasteiger partial charge in [0.1, 0.15) is 5.75 Å². The summed E-state index contributed by atoms with van der Waals surface area (Å²) >= 11 is 0. The number of carbonyl (C=O) groups is 1. The fourth-order valence-corrected chi connectivity index (χ4v) is 2.73. The number of ether oxygens (including phenoxy) is 1. The van der Waals surface area contributed by atoms with Gasteiger partial charge in [-0.15, -0.1) is 0 Å². The molecule has 104 valence electrons. The normalized spacial score (nSPS) is 24.1. The third kappa shape index (κ3) is 3.26. The number of carboxylic acids is 1. The zero-order valence-corrected chi connectivity index (χ0v) is 11.5. The molecule has 1 saturated heterocycles. The number of hydrogen-bond acceptors (Lipinski definition) is 3. The van der Waals surface area contributed by atoms with Gasteiger partial charge in [0.2, 0.25) is 0 Å². The van der Waals surface area contributed by atoms with E-state index < -0.39 is 5.97 Å². The predicted octanol–water partition coefficient (Wildman–Crippen LogP) is 2.38. The lowest BCUT2D eigenvalue weighted by Gasteiger charge is -2.36. The minimum absolute atomic E-state index is 0.191. The van der Waals surface area contributed by atoms with Gasteiger partial charge in [-0.25, -0.2) is 0 Å². The van der Waals surface area contributed by atoms with Crippen LogP contribution in [0.1, 0.15) is 25.3 Å². The Hall–Kier alpha value is -1.55. The van der Waals surface area contributed by atoms with Crippen molar-refractivity contribution in [3.8, 4) is 5.75 Å². The Labute approximate surface area is 114 Å². The lowest BCUT2D eigenvalue weighted by atomic mass is 9.91. The van der Waals surface area contributed by atoms with E-state index in [1.54, 1.807) is 7.11 Å². The molecule has 19 heavy (non-hydrogen) atoms. The van der Waals surface area contributed by atoms with Crippen molar-refractivity contribution in [2.75, 3.05) is 13.7 Å². The van der Waals surface area contributed by atoms with Crippen molar-refractivity contribution < 1.29 is 14.6 Å². The van der Waals surface area contributed by atoms with Crippen molar-refractivity contribution in [2.45, 2.75) is 32.4 Å². The van der Waals surface area contributed by atoms with Crippen LogP contribution in [0.15, 0.2) is 24.3 Å². The monoisotopic (exact) mass is 263 g/mol. The van der Waals surface area contributed by atoms with Crippen LogP contribution in [0.25, 0.3) is 0 Å². The molecule has 0 aromatic heterocycles. The first-order chi connectivity index (χ1) is 9.11. The molecule has 1 aliphatic rings. The number of rotatable bonds is 4. The molecular weight excluding hydrogens is 242 g/mol. The fraction of sp³-hybridized carbons (Fsp3) is 0.533. The van der Waals surface area contributed by atoms with Gasteiger partial charge in [-0.05, 0) is 32.4 Å². The van der Waals surface area contributed by atoms with Gasteiger partial charge < -0.3 is 9.84 Å². The summed E-state index contributed by atoms with van der Waals surface area (Å²) in [6.07, 6.45) is 1.46. The van der Waals surface area contributed by atoms with Gasteiger partial charge in [0.05, 0.1) is 13.0 Å². The molecule has 1 aromatic rings. The standard InChI is InChI=1S/C15H21NO3/c1-11-9-12(15(17)18)7-8-16(11)10-13-5-3-4-6-14(13)19-2/h3-6,11-12H,7-10H2,1-2H3,(H,17,18). The molecule has 1 fully saturated rings. The maximum Gasteiger partial charge on any atom is 0.306 e. The van der Waals surface area contributed by atoms with Crippen molar-refractivity contribution in [2.24, 2.45) is 5.92 Å². The van der Waals surface area contributed by atoms with E-state index in [0.29, 0.717) is 6.04 Å². The minimum Gasteiger partial charge on any atom is -0.496 e. The van der Waals surface area contributed by atoms with E-state index in [4.69, 9.17) is 9.84 Å². The molecule has 1 aliphatic heterocycles. The lowest BCUT2D eigenvalue weighted by Crippen LogP contribution is -2.42. The third-order valence-corrected chi connectivity index (χ3v) is 3.93. The fourth-order valence-electron chi connectivity index (χ4n) is 2.73. The van der Waals surface area contributed by atoms with Crippen LogP contribution in [-0.4, -0.2) is 35.7 Å². The number of para-hydroxylation sites is 1. The van der Waals surface area contributed by atoms with Gasteiger partial charge in [-0.3, -0.25) is 9.69 Å². The molecule has 0 aliphatic carbocycles. The smallest absolute Gasteiger partial charge is 0.306 e. The van der Waals surface area contributed by atoms with E-state index in [1.807, 2.05) is 18.2 Å². The molecule has 0 amide bonds. The predicted molar refractivity (Wildman–Crippen MR) is 73.2 cm³/mol. The molecule has 0 radical (unpaired) electrons. The number of carboxylic acid groups (broad SMARTS) is 1. The number of methoxy groups -OCH3 is 1. The second kappa shape index (κ2) is 6.06. The number of nitrogens with zero attached hydrogens (tertiary/aromatic N) is 1. The molecule has 0 spiro atoms. The van der Waals surface area contributed by atoms with Gasteiger partial charge in [0.25, 0.3) is 0 Å². The summed E-state index contributed by atoms with van der Waals surface area (Å²) in [5, 5.41) is 9.08. The largest absolute Gasteiger partial charge is 0.496 e. The summed E-state index contributed by atoms with van der Waals surface area (Å²) in [5.41, 5.74) is 1.16. The van der Waals surface area contributed by atoms with Gasteiger partial charge in [0.15, 0.2) is 0 Å². The molecule has 0 saturated carbocycles. The van der Waals surface area contributed by atoms with E-state index in [-0.39, 0.29) is 5.92 Å². The highest BCUT2D eigenvalue weighted by molar-refractivity contribution is 5.70. The SMILES string of the molecule is COc1ccccc1CN1CCC(C(=O)O)CC1C. The second-order valence-corrected chi connectivity index (χ2v) is 5.19. The van der Waals surface area contributed by atoms with Crippen LogP contribution < -0.4 is 4.74 Å². The van der Waals surface area contributed by atoms with Gasteiger partial charge >= 0.3 is 5.97 Å². The van der Waals surface area contributed by atoms with Crippen molar-refractivity contribution >= 4 is 5.97 Å². The number of likely N-dealkylation sites (tertiary alicyclic amines) is 1. The van der Waals surface area contributed by atoms with Crippen molar-refractivity contribution in [1.29, 1.82) is 0 Å². The minimum atomic E-state index is -0.663. The molecule has 4 heteroatoms. The van der Waals surface area contributed by atoms with Crippen molar-refractivity contribution in [3.05, 3.63) is 29.8 Å². The number of benzene rings is 1. The van der Waals surface area contributed by atoms with Crippen LogP contribution in [0.2, 0.25) is 0 Å². The Kier molecular flexibility index (Phi) is 4.43. The van der Waals surface area contributed by atoms with Crippen LogP contribution in [0, 0.1) is 5.92 Å². The van der Waals surface area contributed by atoms with Crippen LogP contribution in [0.4, 0.5) is 0 Å². The lowest BCUT2D eigenvalue weighted by molar-refractivity contribution is -0.144. The maximum atomic E-state index is 11.0. The van der Waals surface area contributed by atoms with Crippen molar-refractivity contribution in [1.82, 2.24) is 4.90 Å². The first-order valence-electron chi connectivity index (χ1n) is 6.70. The van der Waals surface area contributed by atoms with Gasteiger partial charge in [-0.2, -0.15) is 0 Å². The zero-order chi connectivity index (χ0) is 13.8. The number of aliphatic carboxylic acids is 1. The van der Waals surface area contributed by atoms with E-state index in [1.165, 1.54) is 0 Å². The summed E-state index contributed by atoms with van der Waals surface area (Å²) in [6.45, 7) is 3.75. The Morgan fingerprint density at radius 3 is 2.84 bits per heavy atom. The van der Waals surface area contributed by atoms with E-state index in [2.05, 4.69) is 17.9 Å². The van der Waals surface area contributed by atoms with Crippen LogP contribution >= 0.6 is 0 Å². The highest BCUT2D eigenvalue weighted by Crippen LogP contribution is 2.27. The summed E-state index contributed by atoms with van der Waals surface area (Å²) in [7, 11) is 1.68. The molecular formula is C15H21NO3. The highest BCUT2D eigenvalue weighted by atomic mass is 16.5. The third-order valence-electron chi connectivity index (χ3n) is 3.93. The van der Waals surface area contributed by atoms with E-state index >= 15 is 0 Å². The summed E-state index contributed by atoms with van der Waals surface area (Å²) in [4.78, 5) is 13.4. The van der Waals surface area contributed by atoms with Crippen molar-refractivity contribution in [3.63, 3.8) is 0 Å². The summed E-state index contributed by atoms with van der Waals surface area (Å²) < 4.78 is 5.36. The first kappa shape index (κ1) is 13.9. The first-order valence-corrected chi connectivity index (χ1v) is 6.70. The molecule has 1 aromatic carbocycles. The molecule has 1 heterocycles. The quantitative estimate of drug-likeness (QED) is 0.906. The van der Waals surface area contributed by atoms with Gasteiger partial charge in [0, 0.05) is 18.2 Å². The van der Waals surface area contributed by atoms with Crippen LogP contribution in [-0.2, 0) is 11.3 Å². The van der Waals surface area contributed by atoms with Crippen LogP contribution in [0.3, 0.4) is 0 Å². The average Bonchev–Trinajstić information content (AvgIpc) is 2.41. The number of piperidine rings is 1. The maximum absolute atomic E-state index is 11.0. The van der Waals surface area contributed by atoms with Crippen LogP contribution in [0.5, 0.6) is 5.75 Å². The topological polar surface area (TPSA) is 49.8 Å². The van der Waals surface area contributed by atoms with Gasteiger partial charge in [-0.1, -0.05) is 18.2 Å². The molecule has 4 nitrogen and oxygen atoms in total. The highest BCUT2D eigenvalue weighted by Gasteiger charge is 2.29. The Balaban J connectivity index is 2.02. The number of hydrogen-bond donors (Lipinski definition) is 1. The summed E-state index contributed by atoms with van der Waals surface area (Å²) in [5.74, 6) is 0.0442. The summed E-state index contributed by atoms with van der Waals surface area (Å²) in [6, 6.07) is 8.29. The average molecular weight is 263 g/mol. The Morgan fingerprint density at radius 1 is 1.47 bits per heavy atom.